The molecule has 106 valence electrons. The summed E-state index contributed by atoms with van der Waals surface area (Å²) in [5, 5.41) is 7.79. The molecular formula is C13H16N4O3. The molecule has 7 nitrogen and oxygen atoms in total. The fourth-order valence-corrected chi connectivity index (χ4v) is 1.85. The maximum absolute atomic E-state index is 11.5. The van der Waals surface area contributed by atoms with Gasteiger partial charge in [-0.1, -0.05) is 0 Å². The molecule has 1 saturated heterocycles. The molecule has 0 atom stereocenters. The molecule has 2 rings (SSSR count). The second-order valence-electron chi connectivity index (χ2n) is 4.39. The van der Waals surface area contributed by atoms with Gasteiger partial charge in [0.15, 0.2) is 0 Å². The fraction of sp³-hybridized carbons (Fsp3) is 0.308. The summed E-state index contributed by atoms with van der Waals surface area (Å²) in [5.74, 6) is -0.553. The first-order valence-corrected chi connectivity index (χ1v) is 6.26. The summed E-state index contributed by atoms with van der Waals surface area (Å²) in [6.07, 6.45) is 0. The standard InChI is InChI=1S/C13H16N4O3/c1-9(18)15-8-12(19)16-10-2-4-11(5-3-10)17-7-6-14-13(17)20/h2-5H,6-8H2,1H3,(H,14,20)(H,15,18)(H,16,19). The van der Waals surface area contributed by atoms with Gasteiger partial charge in [-0.05, 0) is 24.3 Å². The van der Waals surface area contributed by atoms with Crippen molar-refractivity contribution in [2.45, 2.75) is 6.92 Å². The number of anilines is 2. The number of amides is 4. The summed E-state index contributed by atoms with van der Waals surface area (Å²) >= 11 is 0. The maximum Gasteiger partial charge on any atom is 0.321 e. The van der Waals surface area contributed by atoms with Crippen LogP contribution < -0.4 is 20.9 Å². The van der Waals surface area contributed by atoms with Crippen molar-refractivity contribution in [2.75, 3.05) is 29.9 Å². The van der Waals surface area contributed by atoms with Crippen LogP contribution in [0.15, 0.2) is 24.3 Å². The second kappa shape index (κ2) is 6.05. The predicted octanol–water partition coefficient (Wildman–Crippen LogP) is 0.291. The summed E-state index contributed by atoms with van der Waals surface area (Å²) in [5.41, 5.74) is 1.39. The van der Waals surface area contributed by atoms with E-state index in [9.17, 15) is 14.4 Å². The van der Waals surface area contributed by atoms with E-state index in [1.807, 2.05) is 0 Å². The first-order valence-electron chi connectivity index (χ1n) is 6.26. The monoisotopic (exact) mass is 276 g/mol. The van der Waals surface area contributed by atoms with Gasteiger partial charge in [-0.3, -0.25) is 14.5 Å². The highest BCUT2D eigenvalue weighted by Gasteiger charge is 2.20. The first kappa shape index (κ1) is 13.9. The minimum absolute atomic E-state index is 0.0639. The molecule has 1 heterocycles. The van der Waals surface area contributed by atoms with Gasteiger partial charge in [0.05, 0.1) is 6.54 Å². The molecule has 4 amide bonds. The summed E-state index contributed by atoms with van der Waals surface area (Å²) < 4.78 is 0. The van der Waals surface area contributed by atoms with Crippen LogP contribution in [-0.2, 0) is 9.59 Å². The van der Waals surface area contributed by atoms with E-state index in [4.69, 9.17) is 0 Å². The lowest BCUT2D eigenvalue weighted by atomic mass is 10.2. The van der Waals surface area contributed by atoms with Crippen LogP contribution in [0.3, 0.4) is 0 Å². The Balaban J connectivity index is 1.93. The average Bonchev–Trinajstić information content (AvgIpc) is 2.84. The lowest BCUT2D eigenvalue weighted by Crippen LogP contribution is -2.31. The fourth-order valence-electron chi connectivity index (χ4n) is 1.85. The molecule has 1 aromatic rings. The van der Waals surface area contributed by atoms with Gasteiger partial charge in [-0.2, -0.15) is 0 Å². The van der Waals surface area contributed by atoms with E-state index in [0.29, 0.717) is 18.8 Å². The highest BCUT2D eigenvalue weighted by atomic mass is 16.2. The Bertz CT molecular complexity index is 527. The van der Waals surface area contributed by atoms with Gasteiger partial charge in [0, 0.05) is 31.4 Å². The molecule has 0 spiro atoms. The van der Waals surface area contributed by atoms with Gasteiger partial charge in [-0.15, -0.1) is 0 Å². The third-order valence-corrected chi connectivity index (χ3v) is 2.82. The van der Waals surface area contributed by atoms with Crippen LogP contribution in [0.5, 0.6) is 0 Å². The van der Waals surface area contributed by atoms with Crippen molar-refractivity contribution < 1.29 is 14.4 Å². The minimum atomic E-state index is -0.299. The van der Waals surface area contributed by atoms with Crippen molar-refractivity contribution in [1.82, 2.24) is 10.6 Å². The number of urea groups is 1. The zero-order valence-corrected chi connectivity index (χ0v) is 11.1. The van der Waals surface area contributed by atoms with Crippen molar-refractivity contribution in [3.8, 4) is 0 Å². The number of carbonyl (C=O) groups is 3. The molecule has 1 aromatic carbocycles. The molecule has 0 bridgehead atoms. The number of carbonyl (C=O) groups excluding carboxylic acids is 3. The summed E-state index contributed by atoms with van der Waals surface area (Å²) in [7, 11) is 0. The van der Waals surface area contributed by atoms with Gasteiger partial charge in [0.2, 0.25) is 11.8 Å². The smallest absolute Gasteiger partial charge is 0.321 e. The van der Waals surface area contributed by atoms with Crippen molar-refractivity contribution in [1.29, 1.82) is 0 Å². The van der Waals surface area contributed by atoms with E-state index in [-0.39, 0.29) is 24.4 Å². The number of benzene rings is 1. The highest BCUT2D eigenvalue weighted by Crippen LogP contribution is 2.19. The van der Waals surface area contributed by atoms with Crippen LogP contribution in [0.2, 0.25) is 0 Å². The highest BCUT2D eigenvalue weighted by molar-refractivity contribution is 5.96. The Morgan fingerprint density at radius 3 is 2.55 bits per heavy atom. The van der Waals surface area contributed by atoms with Crippen LogP contribution in [0.4, 0.5) is 16.2 Å². The zero-order chi connectivity index (χ0) is 14.5. The van der Waals surface area contributed by atoms with E-state index in [1.54, 1.807) is 29.2 Å². The first-order chi connectivity index (χ1) is 9.56. The number of hydrogen-bond acceptors (Lipinski definition) is 3. The topological polar surface area (TPSA) is 90.5 Å². The normalized spacial score (nSPS) is 13.8. The van der Waals surface area contributed by atoms with E-state index in [2.05, 4.69) is 16.0 Å². The number of nitrogens with zero attached hydrogens (tertiary/aromatic N) is 1. The van der Waals surface area contributed by atoms with Gasteiger partial charge >= 0.3 is 6.03 Å². The third-order valence-electron chi connectivity index (χ3n) is 2.82. The lowest BCUT2D eigenvalue weighted by molar-refractivity contribution is -0.122. The Kier molecular flexibility index (Phi) is 4.19. The number of rotatable bonds is 4. The Morgan fingerprint density at radius 1 is 1.30 bits per heavy atom. The number of nitrogens with one attached hydrogen (secondary N) is 3. The van der Waals surface area contributed by atoms with E-state index >= 15 is 0 Å². The van der Waals surface area contributed by atoms with Gasteiger partial charge in [0.1, 0.15) is 0 Å². The van der Waals surface area contributed by atoms with Gasteiger partial charge in [-0.25, -0.2) is 4.79 Å². The molecule has 3 N–H and O–H groups in total. The molecule has 1 fully saturated rings. The summed E-state index contributed by atoms with van der Waals surface area (Å²) in [4.78, 5) is 35.3. The van der Waals surface area contributed by atoms with Crippen LogP contribution in [0.1, 0.15) is 6.92 Å². The average molecular weight is 276 g/mol. The van der Waals surface area contributed by atoms with Crippen LogP contribution in [0, 0.1) is 0 Å². The molecule has 0 aliphatic carbocycles. The van der Waals surface area contributed by atoms with E-state index < -0.39 is 0 Å². The molecule has 1 aliphatic heterocycles. The molecule has 7 heteroatoms. The van der Waals surface area contributed by atoms with Crippen LogP contribution in [-0.4, -0.2) is 37.5 Å². The van der Waals surface area contributed by atoms with E-state index in [1.165, 1.54) is 6.92 Å². The maximum atomic E-state index is 11.5. The quantitative estimate of drug-likeness (QED) is 0.738. The van der Waals surface area contributed by atoms with Gasteiger partial charge in [0.25, 0.3) is 0 Å². The van der Waals surface area contributed by atoms with Crippen LogP contribution >= 0.6 is 0 Å². The SMILES string of the molecule is CC(=O)NCC(=O)Nc1ccc(N2CCNC2=O)cc1. The number of hydrogen-bond donors (Lipinski definition) is 3. The predicted molar refractivity (Wildman–Crippen MR) is 74.5 cm³/mol. The van der Waals surface area contributed by atoms with Crippen LogP contribution in [0.25, 0.3) is 0 Å². The van der Waals surface area contributed by atoms with Crippen molar-refractivity contribution in [3.05, 3.63) is 24.3 Å². The minimum Gasteiger partial charge on any atom is -0.347 e. The molecule has 0 unspecified atom stereocenters. The molecule has 0 radical (unpaired) electrons. The largest absolute Gasteiger partial charge is 0.347 e. The van der Waals surface area contributed by atoms with Crippen molar-refractivity contribution in [2.24, 2.45) is 0 Å². The second-order valence-corrected chi connectivity index (χ2v) is 4.39. The van der Waals surface area contributed by atoms with Gasteiger partial charge < -0.3 is 16.0 Å². The van der Waals surface area contributed by atoms with E-state index in [0.717, 1.165) is 5.69 Å². The third kappa shape index (κ3) is 3.47. The molecule has 0 saturated carbocycles. The Hall–Kier alpha value is -2.57. The molecule has 20 heavy (non-hydrogen) atoms. The Labute approximate surface area is 116 Å². The molecular weight excluding hydrogens is 260 g/mol. The van der Waals surface area contributed by atoms with Crippen molar-refractivity contribution in [3.63, 3.8) is 0 Å². The summed E-state index contributed by atoms with van der Waals surface area (Å²) in [6.45, 7) is 2.55. The molecule has 1 aliphatic rings. The van der Waals surface area contributed by atoms with Crippen molar-refractivity contribution >= 4 is 29.2 Å². The zero-order valence-electron chi connectivity index (χ0n) is 11.1. The summed E-state index contributed by atoms with van der Waals surface area (Å²) in [6, 6.07) is 6.84. The lowest BCUT2D eigenvalue weighted by Gasteiger charge is -2.14. The Morgan fingerprint density at radius 2 is 2.00 bits per heavy atom. The molecule has 0 aromatic heterocycles.